The van der Waals surface area contributed by atoms with Crippen molar-refractivity contribution in [3.05, 3.63) is 46.8 Å². The number of fused-ring (bicyclic) bond motifs is 1. The summed E-state index contributed by atoms with van der Waals surface area (Å²) in [6, 6.07) is 9.06. The van der Waals surface area contributed by atoms with E-state index in [1.807, 2.05) is 6.92 Å². The van der Waals surface area contributed by atoms with Crippen LogP contribution in [0.2, 0.25) is 0 Å². The van der Waals surface area contributed by atoms with E-state index in [1.165, 1.54) is 17.5 Å². The van der Waals surface area contributed by atoms with E-state index in [4.69, 9.17) is 9.26 Å². The highest BCUT2D eigenvalue weighted by Crippen LogP contribution is 2.37. The molecule has 4 nitrogen and oxygen atoms in total. The van der Waals surface area contributed by atoms with Gasteiger partial charge in [-0.2, -0.15) is 0 Å². The maximum atomic E-state index is 5.98. The normalized spacial score (nSPS) is 23.0. The molecule has 122 valence electrons. The SMILES string of the molecule is Cc1cc([C@@H]2CCCN2Cc2ccc3c(c2)CC(C)(C)O3)on1. The molecule has 0 bridgehead atoms. The van der Waals surface area contributed by atoms with Crippen LogP contribution in [0.5, 0.6) is 5.75 Å². The van der Waals surface area contributed by atoms with E-state index in [0.29, 0.717) is 6.04 Å². The summed E-state index contributed by atoms with van der Waals surface area (Å²) in [5.41, 5.74) is 3.57. The molecule has 2 aliphatic heterocycles. The van der Waals surface area contributed by atoms with E-state index >= 15 is 0 Å². The summed E-state index contributed by atoms with van der Waals surface area (Å²) >= 11 is 0. The van der Waals surface area contributed by atoms with Gasteiger partial charge >= 0.3 is 0 Å². The van der Waals surface area contributed by atoms with Gasteiger partial charge in [-0.05, 0) is 57.4 Å². The second kappa shape index (κ2) is 5.38. The summed E-state index contributed by atoms with van der Waals surface area (Å²) in [5, 5.41) is 4.05. The number of nitrogens with zero attached hydrogens (tertiary/aromatic N) is 2. The zero-order valence-electron chi connectivity index (χ0n) is 14.1. The molecule has 1 saturated heterocycles. The topological polar surface area (TPSA) is 38.5 Å². The third-order valence-corrected chi connectivity index (χ3v) is 4.85. The number of hydrogen-bond donors (Lipinski definition) is 0. The number of aryl methyl sites for hydroxylation is 1. The van der Waals surface area contributed by atoms with Crippen LogP contribution in [0.15, 0.2) is 28.8 Å². The Morgan fingerprint density at radius 1 is 1.30 bits per heavy atom. The summed E-state index contributed by atoms with van der Waals surface area (Å²) in [4.78, 5) is 2.50. The smallest absolute Gasteiger partial charge is 0.154 e. The molecule has 0 amide bonds. The maximum Gasteiger partial charge on any atom is 0.154 e. The molecule has 0 unspecified atom stereocenters. The van der Waals surface area contributed by atoms with Crippen molar-refractivity contribution in [1.29, 1.82) is 0 Å². The molecule has 0 saturated carbocycles. The van der Waals surface area contributed by atoms with Gasteiger partial charge in [0.2, 0.25) is 0 Å². The maximum absolute atomic E-state index is 5.98. The Balaban J connectivity index is 1.52. The van der Waals surface area contributed by atoms with E-state index in [-0.39, 0.29) is 5.60 Å². The zero-order valence-corrected chi connectivity index (χ0v) is 14.1. The number of likely N-dealkylation sites (tertiary alicyclic amines) is 1. The zero-order chi connectivity index (χ0) is 16.0. The Labute approximate surface area is 137 Å². The first-order chi connectivity index (χ1) is 11.0. The van der Waals surface area contributed by atoms with Gasteiger partial charge in [0.25, 0.3) is 0 Å². The molecule has 1 aromatic carbocycles. The standard InChI is InChI=1S/C19H24N2O2/c1-13-9-18(23-20-13)16-5-4-8-21(16)12-14-6-7-17-15(10-14)11-19(2,3)22-17/h6-7,9-10,16H,4-5,8,11-12H2,1-3H3/t16-/m0/s1. The fourth-order valence-corrected chi connectivity index (χ4v) is 3.87. The summed E-state index contributed by atoms with van der Waals surface area (Å²) < 4.78 is 11.5. The Morgan fingerprint density at radius 3 is 2.96 bits per heavy atom. The number of hydrogen-bond acceptors (Lipinski definition) is 4. The number of rotatable bonds is 3. The molecule has 1 aromatic heterocycles. The molecule has 2 aromatic rings. The molecule has 23 heavy (non-hydrogen) atoms. The average Bonchev–Trinajstić information content (AvgIpc) is 3.16. The lowest BCUT2D eigenvalue weighted by Gasteiger charge is -2.22. The van der Waals surface area contributed by atoms with Crippen LogP contribution in [0, 0.1) is 6.92 Å². The van der Waals surface area contributed by atoms with Gasteiger partial charge in [0, 0.05) is 19.0 Å². The van der Waals surface area contributed by atoms with Gasteiger partial charge in [-0.15, -0.1) is 0 Å². The van der Waals surface area contributed by atoms with Crippen LogP contribution in [-0.2, 0) is 13.0 Å². The summed E-state index contributed by atoms with van der Waals surface area (Å²) in [6.45, 7) is 8.35. The molecule has 4 heteroatoms. The molecule has 0 aliphatic carbocycles. The number of benzene rings is 1. The molecule has 0 N–H and O–H groups in total. The van der Waals surface area contributed by atoms with Crippen molar-refractivity contribution in [3.63, 3.8) is 0 Å². The molecule has 4 rings (SSSR count). The first-order valence-electron chi connectivity index (χ1n) is 8.48. The quantitative estimate of drug-likeness (QED) is 0.857. The molecule has 2 aliphatic rings. The minimum Gasteiger partial charge on any atom is -0.487 e. The van der Waals surface area contributed by atoms with Crippen molar-refractivity contribution in [3.8, 4) is 5.75 Å². The third kappa shape index (κ3) is 2.88. The summed E-state index contributed by atoms with van der Waals surface area (Å²) in [7, 11) is 0. The minimum absolute atomic E-state index is 0.0749. The highest BCUT2D eigenvalue weighted by Gasteiger charge is 2.32. The molecule has 0 spiro atoms. The number of aromatic nitrogens is 1. The van der Waals surface area contributed by atoms with Gasteiger partial charge in [-0.1, -0.05) is 17.3 Å². The fraction of sp³-hybridized carbons (Fsp3) is 0.526. The van der Waals surface area contributed by atoms with Gasteiger partial charge < -0.3 is 9.26 Å². The summed E-state index contributed by atoms with van der Waals surface area (Å²) in [5.74, 6) is 2.05. The van der Waals surface area contributed by atoms with Gasteiger partial charge in [0.1, 0.15) is 11.4 Å². The number of ether oxygens (including phenoxy) is 1. The predicted molar refractivity (Wildman–Crippen MR) is 88.5 cm³/mol. The highest BCUT2D eigenvalue weighted by molar-refractivity contribution is 5.41. The van der Waals surface area contributed by atoms with Crippen molar-refractivity contribution < 1.29 is 9.26 Å². The van der Waals surface area contributed by atoms with Crippen molar-refractivity contribution in [2.45, 2.75) is 58.2 Å². The van der Waals surface area contributed by atoms with Crippen LogP contribution >= 0.6 is 0 Å². The molecule has 0 radical (unpaired) electrons. The van der Waals surface area contributed by atoms with E-state index in [2.05, 4.69) is 48.2 Å². The third-order valence-electron chi connectivity index (χ3n) is 4.85. The fourth-order valence-electron chi connectivity index (χ4n) is 3.87. The van der Waals surface area contributed by atoms with Gasteiger partial charge in [-0.3, -0.25) is 4.90 Å². The van der Waals surface area contributed by atoms with E-state index < -0.39 is 0 Å². The van der Waals surface area contributed by atoms with Gasteiger partial charge in [-0.25, -0.2) is 0 Å². The lowest BCUT2D eigenvalue weighted by atomic mass is 10.00. The van der Waals surface area contributed by atoms with Crippen LogP contribution in [0.4, 0.5) is 0 Å². The lowest BCUT2D eigenvalue weighted by molar-refractivity contribution is 0.138. The Morgan fingerprint density at radius 2 is 2.17 bits per heavy atom. The second-order valence-corrected chi connectivity index (χ2v) is 7.48. The average molecular weight is 312 g/mol. The van der Waals surface area contributed by atoms with Crippen molar-refractivity contribution in [2.24, 2.45) is 0 Å². The van der Waals surface area contributed by atoms with E-state index in [1.54, 1.807) is 0 Å². The van der Waals surface area contributed by atoms with Crippen LogP contribution in [-0.4, -0.2) is 22.2 Å². The van der Waals surface area contributed by atoms with Gasteiger partial charge in [0.15, 0.2) is 5.76 Å². The Kier molecular flexibility index (Phi) is 3.45. The monoisotopic (exact) mass is 312 g/mol. The van der Waals surface area contributed by atoms with Gasteiger partial charge in [0.05, 0.1) is 11.7 Å². The predicted octanol–water partition coefficient (Wildman–Crippen LogP) is 4.03. The Bertz CT molecular complexity index is 720. The molecular formula is C19H24N2O2. The Hall–Kier alpha value is -1.81. The lowest BCUT2D eigenvalue weighted by Crippen LogP contribution is -2.24. The van der Waals surface area contributed by atoms with E-state index in [9.17, 15) is 0 Å². The second-order valence-electron chi connectivity index (χ2n) is 7.48. The minimum atomic E-state index is -0.0749. The summed E-state index contributed by atoms with van der Waals surface area (Å²) in [6.07, 6.45) is 3.35. The largest absolute Gasteiger partial charge is 0.487 e. The van der Waals surface area contributed by atoms with E-state index in [0.717, 1.165) is 43.1 Å². The first kappa shape index (κ1) is 14.8. The highest BCUT2D eigenvalue weighted by atomic mass is 16.5. The van der Waals surface area contributed by atoms with Crippen LogP contribution in [0.3, 0.4) is 0 Å². The van der Waals surface area contributed by atoms with Crippen LogP contribution < -0.4 is 4.74 Å². The molecule has 3 heterocycles. The van der Waals surface area contributed by atoms with Crippen LogP contribution in [0.25, 0.3) is 0 Å². The molecule has 1 fully saturated rings. The van der Waals surface area contributed by atoms with Crippen LogP contribution in [0.1, 0.15) is 55.3 Å². The first-order valence-corrected chi connectivity index (χ1v) is 8.48. The van der Waals surface area contributed by atoms with Crippen molar-refractivity contribution >= 4 is 0 Å². The molecular weight excluding hydrogens is 288 g/mol. The molecule has 1 atom stereocenters. The van der Waals surface area contributed by atoms with Crippen molar-refractivity contribution in [2.75, 3.05) is 6.54 Å². The van der Waals surface area contributed by atoms with Crippen molar-refractivity contribution in [1.82, 2.24) is 10.1 Å².